The van der Waals surface area contributed by atoms with Crippen LogP contribution in [0.3, 0.4) is 0 Å². The number of unbranched alkanes of at least 4 members (excludes halogenated alkanes) is 1. The Kier molecular flexibility index (Phi) is 5.76. The number of nitrogens with zero attached hydrogens (tertiary/aromatic N) is 1. The number of halogens is 1. The van der Waals surface area contributed by atoms with Gasteiger partial charge in [-0.2, -0.15) is 0 Å². The van der Waals surface area contributed by atoms with Crippen molar-refractivity contribution >= 4 is 21.6 Å². The minimum absolute atomic E-state index is 0.124. The summed E-state index contributed by atoms with van der Waals surface area (Å²) in [5.74, 6) is 0.835. The van der Waals surface area contributed by atoms with Gasteiger partial charge < -0.3 is 9.47 Å². The van der Waals surface area contributed by atoms with E-state index in [1.165, 1.54) is 19.2 Å². The van der Waals surface area contributed by atoms with Gasteiger partial charge in [-0.3, -0.25) is 10.1 Å². The lowest BCUT2D eigenvalue weighted by Crippen LogP contribution is -2.00. The molecule has 0 aliphatic rings. The van der Waals surface area contributed by atoms with Gasteiger partial charge in [0.2, 0.25) is 0 Å². The van der Waals surface area contributed by atoms with E-state index >= 15 is 0 Å². The average molecular weight is 303 g/mol. The third kappa shape index (κ3) is 4.22. The fourth-order valence-electron chi connectivity index (χ4n) is 1.20. The summed E-state index contributed by atoms with van der Waals surface area (Å²) >= 11 is 3.32. The lowest BCUT2D eigenvalue weighted by Gasteiger charge is -2.09. The lowest BCUT2D eigenvalue weighted by atomic mass is 10.3. The SMILES string of the molecule is COc1c[c]c([N+](=O)[O-])cc1OCCCCBr. The molecule has 0 saturated carbocycles. The van der Waals surface area contributed by atoms with Crippen LogP contribution in [0.5, 0.6) is 11.5 Å². The maximum atomic E-state index is 10.6. The van der Waals surface area contributed by atoms with Crippen molar-refractivity contribution in [3.05, 3.63) is 28.3 Å². The van der Waals surface area contributed by atoms with Crippen molar-refractivity contribution in [1.82, 2.24) is 0 Å². The van der Waals surface area contributed by atoms with E-state index in [9.17, 15) is 10.1 Å². The van der Waals surface area contributed by atoms with Gasteiger partial charge >= 0.3 is 0 Å². The van der Waals surface area contributed by atoms with Gasteiger partial charge in [0.05, 0.1) is 30.8 Å². The highest BCUT2D eigenvalue weighted by Crippen LogP contribution is 2.30. The van der Waals surface area contributed by atoms with Crippen LogP contribution in [0.4, 0.5) is 5.69 Å². The normalized spacial score (nSPS) is 10.0. The monoisotopic (exact) mass is 302 g/mol. The predicted molar refractivity (Wildman–Crippen MR) is 67.0 cm³/mol. The topological polar surface area (TPSA) is 61.6 Å². The third-order valence-electron chi connectivity index (χ3n) is 2.06. The van der Waals surface area contributed by atoms with Gasteiger partial charge in [-0.25, -0.2) is 0 Å². The van der Waals surface area contributed by atoms with Crippen molar-refractivity contribution in [2.75, 3.05) is 19.0 Å². The van der Waals surface area contributed by atoms with E-state index in [4.69, 9.17) is 9.47 Å². The molecule has 0 heterocycles. The standard InChI is InChI=1S/C11H13BrNO4/c1-16-10-5-4-9(13(14)15)8-11(10)17-7-3-2-6-12/h5,8H,2-3,6-7H2,1H3. The zero-order valence-electron chi connectivity index (χ0n) is 9.44. The number of rotatable bonds is 7. The second-order valence-electron chi connectivity index (χ2n) is 3.25. The molecular weight excluding hydrogens is 290 g/mol. The minimum atomic E-state index is -0.509. The largest absolute Gasteiger partial charge is 0.493 e. The quantitative estimate of drug-likeness (QED) is 0.336. The Labute approximate surface area is 108 Å². The lowest BCUT2D eigenvalue weighted by molar-refractivity contribution is -0.385. The zero-order valence-corrected chi connectivity index (χ0v) is 11.0. The van der Waals surface area contributed by atoms with E-state index in [-0.39, 0.29) is 5.69 Å². The van der Waals surface area contributed by atoms with E-state index in [1.54, 1.807) is 0 Å². The summed E-state index contributed by atoms with van der Waals surface area (Å²) in [5.41, 5.74) is -0.124. The summed E-state index contributed by atoms with van der Waals surface area (Å²) in [6, 6.07) is 5.26. The molecule has 93 valence electrons. The van der Waals surface area contributed by atoms with E-state index in [1.807, 2.05) is 0 Å². The first-order valence-corrected chi connectivity index (χ1v) is 6.24. The molecule has 0 bridgehead atoms. The molecule has 0 amide bonds. The predicted octanol–water partition coefficient (Wildman–Crippen LogP) is 2.96. The van der Waals surface area contributed by atoms with Gasteiger partial charge in [-0.15, -0.1) is 0 Å². The van der Waals surface area contributed by atoms with Gasteiger partial charge in [-0.1, -0.05) is 15.9 Å². The molecule has 0 atom stereocenters. The molecule has 0 fully saturated rings. The van der Waals surface area contributed by atoms with Gasteiger partial charge in [0.1, 0.15) is 0 Å². The first-order chi connectivity index (χ1) is 8.19. The van der Waals surface area contributed by atoms with Crippen LogP contribution >= 0.6 is 15.9 Å². The number of benzene rings is 1. The molecule has 1 aromatic carbocycles. The van der Waals surface area contributed by atoms with Gasteiger partial charge in [0, 0.05) is 5.33 Å². The number of ether oxygens (including phenoxy) is 2. The van der Waals surface area contributed by atoms with Crippen LogP contribution in [-0.4, -0.2) is 24.0 Å². The number of non-ortho nitro benzene ring substituents is 1. The van der Waals surface area contributed by atoms with E-state index < -0.39 is 4.92 Å². The maximum absolute atomic E-state index is 10.6. The highest BCUT2D eigenvalue weighted by atomic mass is 79.9. The number of hydrogen-bond donors (Lipinski definition) is 0. The first-order valence-electron chi connectivity index (χ1n) is 5.12. The van der Waals surface area contributed by atoms with E-state index in [0.29, 0.717) is 18.1 Å². The van der Waals surface area contributed by atoms with Crippen molar-refractivity contribution in [2.24, 2.45) is 0 Å². The second-order valence-corrected chi connectivity index (χ2v) is 4.05. The molecule has 1 aromatic rings. The maximum Gasteiger partial charge on any atom is 0.281 e. The van der Waals surface area contributed by atoms with Crippen molar-refractivity contribution in [3.8, 4) is 11.5 Å². The fourth-order valence-corrected chi connectivity index (χ4v) is 1.60. The Morgan fingerprint density at radius 1 is 1.47 bits per heavy atom. The van der Waals surface area contributed by atoms with Crippen molar-refractivity contribution < 1.29 is 14.4 Å². The highest BCUT2D eigenvalue weighted by Gasteiger charge is 2.12. The van der Waals surface area contributed by atoms with Gasteiger partial charge in [-0.05, 0) is 18.9 Å². The van der Waals surface area contributed by atoms with Crippen LogP contribution in [0, 0.1) is 16.2 Å². The summed E-state index contributed by atoms with van der Waals surface area (Å²) in [6.45, 7) is 0.503. The molecule has 0 aliphatic heterocycles. The molecule has 1 radical (unpaired) electrons. The smallest absolute Gasteiger partial charge is 0.281 e. The molecule has 0 aromatic heterocycles. The molecule has 0 N–H and O–H groups in total. The highest BCUT2D eigenvalue weighted by molar-refractivity contribution is 9.09. The summed E-state index contributed by atoms with van der Waals surface area (Å²) in [5, 5.41) is 11.5. The molecule has 0 spiro atoms. The Morgan fingerprint density at radius 3 is 2.82 bits per heavy atom. The summed E-state index contributed by atoms with van der Waals surface area (Å²) < 4.78 is 10.5. The molecular formula is C11H13BrNO4. The summed E-state index contributed by atoms with van der Waals surface area (Å²) in [6.07, 6.45) is 1.87. The molecule has 17 heavy (non-hydrogen) atoms. The number of alkyl halides is 1. The van der Waals surface area contributed by atoms with Crippen LogP contribution in [0.25, 0.3) is 0 Å². The number of nitro groups is 1. The summed E-state index contributed by atoms with van der Waals surface area (Å²) in [7, 11) is 1.49. The van der Waals surface area contributed by atoms with Crippen LogP contribution in [0.15, 0.2) is 12.1 Å². The Morgan fingerprint density at radius 2 is 2.24 bits per heavy atom. The molecule has 0 unspecified atom stereocenters. The molecule has 0 saturated heterocycles. The molecule has 1 rings (SSSR count). The Bertz CT molecular complexity index is 384. The van der Waals surface area contributed by atoms with Crippen LogP contribution in [-0.2, 0) is 0 Å². The number of hydrogen-bond acceptors (Lipinski definition) is 4. The van der Waals surface area contributed by atoms with E-state index in [0.717, 1.165) is 18.2 Å². The van der Waals surface area contributed by atoms with Crippen LogP contribution < -0.4 is 9.47 Å². The molecule has 5 nitrogen and oxygen atoms in total. The second kappa shape index (κ2) is 7.11. The third-order valence-corrected chi connectivity index (χ3v) is 2.62. The molecule has 6 heteroatoms. The van der Waals surface area contributed by atoms with E-state index in [2.05, 4.69) is 22.0 Å². The zero-order chi connectivity index (χ0) is 12.7. The van der Waals surface area contributed by atoms with Crippen LogP contribution in [0.2, 0.25) is 0 Å². The van der Waals surface area contributed by atoms with Crippen molar-refractivity contribution in [2.45, 2.75) is 12.8 Å². The van der Waals surface area contributed by atoms with Gasteiger partial charge in [0.15, 0.2) is 11.5 Å². The van der Waals surface area contributed by atoms with Crippen molar-refractivity contribution in [3.63, 3.8) is 0 Å². The van der Waals surface area contributed by atoms with Gasteiger partial charge in [0.25, 0.3) is 5.69 Å². The average Bonchev–Trinajstić information content (AvgIpc) is 2.34. The number of nitro benzene ring substituents is 1. The Hall–Kier alpha value is -1.30. The first kappa shape index (κ1) is 13.8. The van der Waals surface area contributed by atoms with Crippen molar-refractivity contribution in [1.29, 1.82) is 0 Å². The fraction of sp³-hybridized carbons (Fsp3) is 0.455. The number of methoxy groups -OCH3 is 1. The van der Waals surface area contributed by atoms with Crippen LogP contribution in [0.1, 0.15) is 12.8 Å². The Balaban J connectivity index is 2.72. The molecule has 0 aliphatic carbocycles. The minimum Gasteiger partial charge on any atom is -0.493 e. The summed E-state index contributed by atoms with van der Waals surface area (Å²) in [4.78, 5) is 10.1.